The summed E-state index contributed by atoms with van der Waals surface area (Å²) in [5.41, 5.74) is 4.99. The molecule has 0 atom stereocenters. The molecule has 3 nitrogen and oxygen atoms in total. The number of halogens is 1. The minimum absolute atomic E-state index is 0.693. The van der Waals surface area contributed by atoms with Crippen LogP contribution in [0.2, 0.25) is 5.02 Å². The monoisotopic (exact) mass is 413 g/mol. The Morgan fingerprint density at radius 1 is 1.04 bits per heavy atom. The van der Waals surface area contributed by atoms with Gasteiger partial charge in [0.05, 0.1) is 13.2 Å². The molecule has 28 heavy (non-hydrogen) atoms. The van der Waals surface area contributed by atoms with Gasteiger partial charge in [0.15, 0.2) is 0 Å². The molecule has 1 fully saturated rings. The normalized spacial score (nSPS) is 14.9. The molecule has 5 heteroatoms. The van der Waals surface area contributed by atoms with Crippen LogP contribution in [0, 0.1) is 0 Å². The minimum Gasteiger partial charge on any atom is -0.492 e. The molecule has 0 radical (unpaired) electrons. The first-order valence-corrected chi connectivity index (χ1v) is 10.9. The van der Waals surface area contributed by atoms with Gasteiger partial charge in [0.2, 0.25) is 0 Å². The van der Waals surface area contributed by atoms with Crippen molar-refractivity contribution in [2.24, 2.45) is 0 Å². The lowest BCUT2D eigenvalue weighted by Gasteiger charge is -2.26. The summed E-state index contributed by atoms with van der Waals surface area (Å²) >= 11 is 7.80. The highest BCUT2D eigenvalue weighted by atomic mass is 35.5. The molecule has 4 rings (SSSR count). The zero-order chi connectivity index (χ0) is 19.2. The van der Waals surface area contributed by atoms with E-state index in [9.17, 15) is 0 Å². The second-order valence-electron chi connectivity index (χ2n) is 6.94. The van der Waals surface area contributed by atoms with E-state index in [-0.39, 0.29) is 0 Å². The number of benzene rings is 2. The smallest absolute Gasteiger partial charge is 0.119 e. The fourth-order valence-corrected chi connectivity index (χ4v) is 4.24. The van der Waals surface area contributed by atoms with Crippen molar-refractivity contribution in [2.45, 2.75) is 6.42 Å². The molecule has 1 aliphatic heterocycles. The highest BCUT2D eigenvalue weighted by Gasteiger charge is 2.11. The molecule has 2 aromatic carbocycles. The number of nitrogens with zero attached hydrogens (tertiary/aromatic N) is 1. The van der Waals surface area contributed by atoms with Gasteiger partial charge in [-0.25, -0.2) is 0 Å². The maximum atomic E-state index is 6.08. The lowest BCUT2D eigenvalue weighted by molar-refractivity contribution is 0.0322. The average Bonchev–Trinajstić information content (AvgIpc) is 3.23. The van der Waals surface area contributed by atoms with E-state index in [0.29, 0.717) is 6.61 Å². The van der Waals surface area contributed by atoms with Crippen molar-refractivity contribution in [3.05, 3.63) is 75.4 Å². The molecule has 0 spiro atoms. The number of hydrogen-bond acceptors (Lipinski definition) is 4. The highest BCUT2D eigenvalue weighted by Crippen LogP contribution is 2.30. The summed E-state index contributed by atoms with van der Waals surface area (Å²) < 4.78 is 11.5. The molecule has 1 saturated heterocycles. The summed E-state index contributed by atoms with van der Waals surface area (Å²) in [7, 11) is 0. The summed E-state index contributed by atoms with van der Waals surface area (Å²) in [6.45, 7) is 5.24. The fourth-order valence-electron chi connectivity index (χ4n) is 3.45. The second kappa shape index (κ2) is 9.57. The standard InChI is InChI=1S/C23H24ClNO2S/c24-21-3-1-19(2-4-21)23-6-5-22(16-20(23)15-18-7-14-28-17-18)27-13-10-25-8-11-26-12-9-25/h1-7,14,16-17H,8-13,15H2. The van der Waals surface area contributed by atoms with Crippen LogP contribution in [0.15, 0.2) is 59.3 Å². The van der Waals surface area contributed by atoms with Gasteiger partial charge in [-0.15, -0.1) is 0 Å². The molecule has 0 unspecified atom stereocenters. The molecule has 0 saturated carbocycles. The second-order valence-corrected chi connectivity index (χ2v) is 8.15. The Morgan fingerprint density at radius 2 is 1.86 bits per heavy atom. The molecule has 0 N–H and O–H groups in total. The third-order valence-corrected chi connectivity index (χ3v) is 5.97. The van der Waals surface area contributed by atoms with Crippen molar-refractivity contribution in [1.29, 1.82) is 0 Å². The first kappa shape index (κ1) is 19.5. The van der Waals surface area contributed by atoms with Crippen LogP contribution in [-0.2, 0) is 11.2 Å². The summed E-state index contributed by atoms with van der Waals surface area (Å²) in [6, 6.07) is 16.6. The van der Waals surface area contributed by atoms with Crippen molar-refractivity contribution in [3.63, 3.8) is 0 Å². The third-order valence-electron chi connectivity index (χ3n) is 4.99. The average molecular weight is 414 g/mol. The van der Waals surface area contributed by atoms with Crippen molar-refractivity contribution in [3.8, 4) is 16.9 Å². The third kappa shape index (κ3) is 5.15. The predicted octanol–water partition coefficient (Wildman–Crippen LogP) is 5.37. The molecule has 0 amide bonds. The van der Waals surface area contributed by atoms with E-state index in [4.69, 9.17) is 21.1 Å². The molecular formula is C23H24ClNO2S. The number of hydrogen-bond donors (Lipinski definition) is 0. The van der Waals surface area contributed by atoms with Gasteiger partial charge in [0.25, 0.3) is 0 Å². The number of thiophene rings is 1. The first-order valence-electron chi connectivity index (χ1n) is 9.61. The zero-order valence-corrected chi connectivity index (χ0v) is 17.3. The Balaban J connectivity index is 1.50. The Bertz CT molecular complexity index is 874. The van der Waals surface area contributed by atoms with Crippen LogP contribution in [-0.4, -0.2) is 44.4 Å². The Morgan fingerprint density at radius 3 is 2.61 bits per heavy atom. The summed E-state index contributed by atoms with van der Waals surface area (Å²) in [6.07, 6.45) is 0.891. The largest absolute Gasteiger partial charge is 0.492 e. The van der Waals surface area contributed by atoms with E-state index < -0.39 is 0 Å². The number of ether oxygens (including phenoxy) is 2. The number of rotatable bonds is 7. The Labute approximate surface area is 175 Å². The van der Waals surface area contributed by atoms with Gasteiger partial charge in [-0.1, -0.05) is 29.8 Å². The summed E-state index contributed by atoms with van der Waals surface area (Å²) in [5.74, 6) is 0.927. The fraction of sp³-hybridized carbons (Fsp3) is 0.304. The topological polar surface area (TPSA) is 21.7 Å². The van der Waals surface area contributed by atoms with Gasteiger partial charge in [-0.2, -0.15) is 11.3 Å². The first-order chi connectivity index (χ1) is 13.8. The maximum absolute atomic E-state index is 6.08. The van der Waals surface area contributed by atoms with Crippen LogP contribution in [0.5, 0.6) is 5.75 Å². The van der Waals surface area contributed by atoms with E-state index in [1.54, 1.807) is 11.3 Å². The molecule has 2 heterocycles. The van der Waals surface area contributed by atoms with E-state index in [2.05, 4.69) is 52.1 Å². The molecule has 1 aromatic heterocycles. The van der Waals surface area contributed by atoms with Gasteiger partial charge in [-0.05, 0) is 69.8 Å². The molecule has 3 aromatic rings. The maximum Gasteiger partial charge on any atom is 0.119 e. The van der Waals surface area contributed by atoms with Gasteiger partial charge in [-0.3, -0.25) is 4.90 Å². The highest BCUT2D eigenvalue weighted by molar-refractivity contribution is 7.07. The van der Waals surface area contributed by atoms with Crippen LogP contribution in [0.4, 0.5) is 0 Å². The predicted molar refractivity (Wildman–Crippen MR) is 117 cm³/mol. The van der Waals surface area contributed by atoms with Gasteiger partial charge < -0.3 is 9.47 Å². The van der Waals surface area contributed by atoms with Crippen molar-refractivity contribution < 1.29 is 9.47 Å². The Hall–Kier alpha value is -1.85. The van der Waals surface area contributed by atoms with Crippen LogP contribution in [0.3, 0.4) is 0 Å². The molecular weight excluding hydrogens is 390 g/mol. The molecule has 0 aliphatic carbocycles. The van der Waals surface area contributed by atoms with Crippen LogP contribution in [0.25, 0.3) is 11.1 Å². The SMILES string of the molecule is Clc1ccc(-c2ccc(OCCN3CCOCC3)cc2Cc2ccsc2)cc1. The van der Waals surface area contributed by atoms with E-state index in [1.807, 2.05) is 12.1 Å². The lowest BCUT2D eigenvalue weighted by atomic mass is 9.95. The molecule has 1 aliphatic rings. The zero-order valence-electron chi connectivity index (χ0n) is 15.8. The van der Waals surface area contributed by atoms with Crippen LogP contribution < -0.4 is 4.74 Å². The van der Waals surface area contributed by atoms with E-state index in [0.717, 1.165) is 50.0 Å². The summed E-state index contributed by atoms with van der Waals surface area (Å²) in [4.78, 5) is 2.39. The lowest BCUT2D eigenvalue weighted by Crippen LogP contribution is -2.38. The van der Waals surface area contributed by atoms with Crippen molar-refractivity contribution >= 4 is 22.9 Å². The molecule has 0 bridgehead atoms. The number of morpholine rings is 1. The van der Waals surface area contributed by atoms with Gasteiger partial charge >= 0.3 is 0 Å². The quantitative estimate of drug-likeness (QED) is 0.519. The van der Waals surface area contributed by atoms with E-state index in [1.165, 1.54) is 22.3 Å². The summed E-state index contributed by atoms with van der Waals surface area (Å²) in [5, 5.41) is 5.09. The van der Waals surface area contributed by atoms with Crippen molar-refractivity contribution in [2.75, 3.05) is 39.5 Å². The van der Waals surface area contributed by atoms with Gasteiger partial charge in [0.1, 0.15) is 12.4 Å². The molecule has 146 valence electrons. The van der Waals surface area contributed by atoms with Crippen LogP contribution in [0.1, 0.15) is 11.1 Å². The minimum atomic E-state index is 0.693. The van der Waals surface area contributed by atoms with Crippen molar-refractivity contribution in [1.82, 2.24) is 4.90 Å². The van der Waals surface area contributed by atoms with Crippen LogP contribution >= 0.6 is 22.9 Å². The Kier molecular flexibility index (Phi) is 6.65. The van der Waals surface area contributed by atoms with Gasteiger partial charge in [0, 0.05) is 24.7 Å². The van der Waals surface area contributed by atoms with E-state index >= 15 is 0 Å².